The number of para-hydroxylation sites is 1. The lowest BCUT2D eigenvalue weighted by Gasteiger charge is -2.28. The molecule has 3 aromatic rings. The van der Waals surface area contributed by atoms with Crippen LogP contribution >= 0.6 is 0 Å². The molecule has 0 aliphatic carbocycles. The van der Waals surface area contributed by atoms with Gasteiger partial charge in [-0.2, -0.15) is 0 Å². The van der Waals surface area contributed by atoms with Gasteiger partial charge in [0, 0.05) is 36.5 Å². The number of guanidine groups is 1. The molecule has 6 atom stereocenters. The number of carbonyl (C=O) groups excluding carboxylic acids is 4. The van der Waals surface area contributed by atoms with Crippen LogP contribution in [-0.4, -0.2) is 93.5 Å². The van der Waals surface area contributed by atoms with Crippen LogP contribution in [0.15, 0.2) is 65.8 Å². The lowest BCUT2D eigenvalue weighted by molar-refractivity contribution is -0.142. The zero-order valence-corrected chi connectivity index (χ0v) is 30.4. The lowest BCUT2D eigenvalue weighted by atomic mass is 9.96. The summed E-state index contributed by atoms with van der Waals surface area (Å²) in [6.45, 7) is 3.62. The zero-order chi connectivity index (χ0) is 39.8. The van der Waals surface area contributed by atoms with E-state index in [-0.39, 0.29) is 44.6 Å². The highest BCUT2D eigenvalue weighted by Gasteiger charge is 2.34. The molecule has 13 N–H and O–H groups in total. The van der Waals surface area contributed by atoms with Crippen LogP contribution in [-0.2, 0) is 41.6 Å². The van der Waals surface area contributed by atoms with E-state index in [1.54, 1.807) is 19.2 Å². The van der Waals surface area contributed by atoms with Gasteiger partial charge in [-0.3, -0.25) is 29.0 Å². The number of benzene rings is 2. The molecule has 17 nitrogen and oxygen atoms in total. The Balaban J connectivity index is 1.80. The monoisotopic (exact) mass is 749 g/mol. The number of aromatic amines is 1. The van der Waals surface area contributed by atoms with Gasteiger partial charge in [0.25, 0.3) is 0 Å². The van der Waals surface area contributed by atoms with E-state index < -0.39 is 78.1 Å². The van der Waals surface area contributed by atoms with E-state index in [9.17, 15) is 39.0 Å². The summed E-state index contributed by atoms with van der Waals surface area (Å²) >= 11 is 0. The van der Waals surface area contributed by atoms with E-state index in [2.05, 4.69) is 31.2 Å². The maximum atomic E-state index is 13.8. The average molecular weight is 750 g/mol. The Labute approximate surface area is 312 Å². The molecule has 0 spiro atoms. The summed E-state index contributed by atoms with van der Waals surface area (Å²) in [5.74, 6) is -6.24. The number of aromatic nitrogens is 1. The standard InChI is InChI=1S/C37H51N9O8/c1-3-21(2)31(46-32(49)25(38)18-22-10-5-4-6-11-22)35(52)44-28(15-16-30(47)48)34(51)43-27(14-9-17-41-37(39)40)33(50)45-29(36(53)54)19-23-20-42-26-13-8-7-12-24(23)26/h4-8,10-13,20-21,25,27-29,31,42H,3,9,14-19,38H2,1-2H3,(H,43,51)(H,44,52)(H,45,50)(H,46,49)(H,47,48)(H,53,54)(H4,39,40,41)/t21-,25-,27-,28-,29-,31-/m0/s1. The SMILES string of the molecule is CC[C@H](C)[C@H](NC(=O)[C@@H](N)Cc1ccccc1)C(=O)N[C@@H](CCC(=O)O)C(=O)N[C@@H](CCCN=C(N)N)C(=O)N[C@@H](Cc1c[nH]c2ccccc12)C(=O)O. The Morgan fingerprint density at radius 3 is 2.02 bits per heavy atom. The molecular formula is C37H51N9O8. The van der Waals surface area contributed by atoms with Crippen LogP contribution in [0.3, 0.4) is 0 Å². The van der Waals surface area contributed by atoms with E-state index >= 15 is 0 Å². The molecule has 3 rings (SSSR count). The Morgan fingerprint density at radius 1 is 0.778 bits per heavy atom. The molecule has 2 aromatic carbocycles. The molecule has 0 radical (unpaired) electrons. The number of nitrogens with two attached hydrogens (primary N) is 3. The number of nitrogens with one attached hydrogen (secondary N) is 5. The Bertz CT molecular complexity index is 1780. The predicted octanol–water partition coefficient (Wildman–Crippen LogP) is 0.269. The minimum absolute atomic E-state index is 0.0434. The van der Waals surface area contributed by atoms with Crippen molar-refractivity contribution in [2.45, 2.75) is 89.0 Å². The van der Waals surface area contributed by atoms with E-state index in [4.69, 9.17) is 17.2 Å². The molecule has 292 valence electrons. The topological polar surface area (TPSA) is 297 Å². The second kappa shape index (κ2) is 20.9. The van der Waals surface area contributed by atoms with Crippen molar-refractivity contribution in [3.63, 3.8) is 0 Å². The Morgan fingerprint density at radius 2 is 1.39 bits per heavy atom. The van der Waals surface area contributed by atoms with Crippen molar-refractivity contribution in [1.82, 2.24) is 26.3 Å². The minimum Gasteiger partial charge on any atom is -0.481 e. The first-order chi connectivity index (χ1) is 25.7. The summed E-state index contributed by atoms with van der Waals surface area (Å²) in [6, 6.07) is 10.1. The van der Waals surface area contributed by atoms with Gasteiger partial charge in [-0.1, -0.05) is 68.8 Å². The van der Waals surface area contributed by atoms with E-state index in [1.807, 2.05) is 55.5 Å². The number of carboxylic acid groups (broad SMARTS) is 2. The van der Waals surface area contributed by atoms with Crippen LogP contribution in [0.4, 0.5) is 0 Å². The lowest BCUT2D eigenvalue weighted by Crippen LogP contribution is -2.59. The van der Waals surface area contributed by atoms with Gasteiger partial charge in [0.1, 0.15) is 24.2 Å². The Kier molecular flexibility index (Phi) is 16.4. The number of hydrogen-bond donors (Lipinski definition) is 10. The van der Waals surface area contributed by atoms with Gasteiger partial charge in [0.2, 0.25) is 23.6 Å². The summed E-state index contributed by atoms with van der Waals surface area (Å²) in [5, 5.41) is 30.5. The zero-order valence-electron chi connectivity index (χ0n) is 30.4. The van der Waals surface area contributed by atoms with Crippen LogP contribution in [0.1, 0.15) is 57.1 Å². The highest BCUT2D eigenvalue weighted by Crippen LogP contribution is 2.19. The fraction of sp³-hybridized carbons (Fsp3) is 0.432. The van der Waals surface area contributed by atoms with Crippen LogP contribution in [0.2, 0.25) is 0 Å². The second-order valence-corrected chi connectivity index (χ2v) is 13.1. The molecular weight excluding hydrogens is 698 g/mol. The molecule has 0 aliphatic rings. The molecule has 1 aromatic heterocycles. The van der Waals surface area contributed by atoms with Gasteiger partial charge in [0.15, 0.2) is 5.96 Å². The minimum atomic E-state index is -1.45. The molecule has 54 heavy (non-hydrogen) atoms. The first kappa shape index (κ1) is 42.4. The van der Waals surface area contributed by atoms with Gasteiger partial charge in [-0.05, 0) is 48.8 Å². The maximum Gasteiger partial charge on any atom is 0.326 e. The highest BCUT2D eigenvalue weighted by molar-refractivity contribution is 5.96. The van der Waals surface area contributed by atoms with Crippen LogP contribution in [0, 0.1) is 5.92 Å². The van der Waals surface area contributed by atoms with Crippen molar-refractivity contribution in [1.29, 1.82) is 0 Å². The average Bonchev–Trinajstić information content (AvgIpc) is 3.55. The van der Waals surface area contributed by atoms with E-state index in [0.717, 1.165) is 16.5 Å². The number of hydrogen-bond acceptors (Lipinski definition) is 8. The summed E-state index contributed by atoms with van der Waals surface area (Å²) in [6.07, 6.45) is 1.52. The van der Waals surface area contributed by atoms with E-state index in [0.29, 0.717) is 12.0 Å². The van der Waals surface area contributed by atoms with Crippen molar-refractivity contribution >= 4 is 52.4 Å². The van der Waals surface area contributed by atoms with Gasteiger partial charge in [0.05, 0.1) is 6.04 Å². The number of nitrogens with zero attached hydrogens (tertiary/aromatic N) is 1. The predicted molar refractivity (Wildman–Crippen MR) is 202 cm³/mol. The molecule has 17 heteroatoms. The first-order valence-electron chi connectivity index (χ1n) is 17.8. The summed E-state index contributed by atoms with van der Waals surface area (Å²) in [4.78, 5) is 85.1. The highest BCUT2D eigenvalue weighted by atomic mass is 16.4. The number of amides is 4. The van der Waals surface area contributed by atoms with Crippen molar-refractivity contribution < 1.29 is 39.0 Å². The number of fused-ring (bicyclic) bond motifs is 1. The molecule has 0 bridgehead atoms. The molecule has 0 saturated heterocycles. The third kappa shape index (κ3) is 13.2. The smallest absolute Gasteiger partial charge is 0.326 e. The van der Waals surface area contributed by atoms with Crippen molar-refractivity contribution in [3.05, 3.63) is 71.9 Å². The van der Waals surface area contributed by atoms with Crippen molar-refractivity contribution in [2.75, 3.05) is 6.54 Å². The molecule has 1 heterocycles. The fourth-order valence-corrected chi connectivity index (χ4v) is 5.76. The quantitative estimate of drug-likeness (QED) is 0.0378. The number of aliphatic imine (C=N–C) groups is 1. The summed E-state index contributed by atoms with van der Waals surface area (Å²) < 4.78 is 0. The summed E-state index contributed by atoms with van der Waals surface area (Å²) in [7, 11) is 0. The van der Waals surface area contributed by atoms with Gasteiger partial charge in [-0.25, -0.2) is 4.79 Å². The number of H-pyrrole nitrogens is 1. The number of carboxylic acids is 2. The molecule has 0 fully saturated rings. The maximum absolute atomic E-state index is 13.8. The van der Waals surface area contributed by atoms with Gasteiger partial charge < -0.3 is 53.7 Å². The molecule has 0 unspecified atom stereocenters. The van der Waals surface area contributed by atoms with Crippen molar-refractivity contribution in [2.24, 2.45) is 28.1 Å². The second-order valence-electron chi connectivity index (χ2n) is 13.1. The number of aliphatic carboxylic acids is 2. The van der Waals surface area contributed by atoms with Crippen LogP contribution in [0.5, 0.6) is 0 Å². The van der Waals surface area contributed by atoms with E-state index in [1.165, 1.54) is 0 Å². The fourth-order valence-electron chi connectivity index (χ4n) is 5.76. The first-order valence-corrected chi connectivity index (χ1v) is 17.8. The van der Waals surface area contributed by atoms with Gasteiger partial charge >= 0.3 is 11.9 Å². The summed E-state index contributed by atoms with van der Waals surface area (Å²) in [5.41, 5.74) is 19.3. The third-order valence-electron chi connectivity index (χ3n) is 9.00. The van der Waals surface area contributed by atoms with Gasteiger partial charge in [-0.15, -0.1) is 0 Å². The molecule has 4 amide bonds. The molecule has 0 aliphatic heterocycles. The molecule has 0 saturated carbocycles. The van der Waals surface area contributed by atoms with Crippen LogP contribution < -0.4 is 38.5 Å². The Hall–Kier alpha value is -5.97. The normalized spacial score (nSPS) is 14.4. The van der Waals surface area contributed by atoms with Crippen molar-refractivity contribution in [3.8, 4) is 0 Å². The number of carbonyl (C=O) groups is 6. The third-order valence-corrected chi connectivity index (χ3v) is 9.00. The largest absolute Gasteiger partial charge is 0.481 e. The number of rotatable bonds is 22. The van der Waals surface area contributed by atoms with Crippen LogP contribution in [0.25, 0.3) is 10.9 Å².